The van der Waals surface area contributed by atoms with Gasteiger partial charge in [0.1, 0.15) is 4.33 Å². The zero-order valence-corrected chi connectivity index (χ0v) is 12.8. The predicted octanol–water partition coefficient (Wildman–Crippen LogP) is 5.24. The van der Waals surface area contributed by atoms with Crippen molar-refractivity contribution >= 4 is 35.1 Å². The number of carbonyl (C=O) groups is 1. The van der Waals surface area contributed by atoms with Crippen LogP contribution in [-0.2, 0) is 0 Å². The molecule has 0 aromatic heterocycles. The Balaban J connectivity index is 1.69. The standard InChI is InChI=1S/C18H14Cl2O/c19-18(20)12-16(18)14-7-9-15(10-8-14)17(21)11-6-13-4-2-1-3-5-13/h1-11,16H,12H2/b11-6+/t16-/m0/s1. The van der Waals surface area contributed by atoms with Crippen molar-refractivity contribution in [3.05, 3.63) is 77.4 Å². The van der Waals surface area contributed by atoms with Gasteiger partial charge in [-0.3, -0.25) is 4.79 Å². The highest BCUT2D eigenvalue weighted by atomic mass is 35.5. The zero-order chi connectivity index (χ0) is 14.9. The summed E-state index contributed by atoms with van der Waals surface area (Å²) in [7, 11) is 0. The van der Waals surface area contributed by atoms with Crippen molar-refractivity contribution in [2.45, 2.75) is 16.7 Å². The summed E-state index contributed by atoms with van der Waals surface area (Å²) < 4.78 is -0.626. The van der Waals surface area contributed by atoms with Crippen molar-refractivity contribution in [1.82, 2.24) is 0 Å². The van der Waals surface area contributed by atoms with Crippen LogP contribution >= 0.6 is 23.2 Å². The third-order valence-electron chi connectivity index (χ3n) is 3.65. The van der Waals surface area contributed by atoms with Crippen LogP contribution in [0, 0.1) is 0 Å². The number of halogens is 2. The quantitative estimate of drug-likeness (QED) is 0.428. The SMILES string of the molecule is O=C(/C=C/c1ccccc1)c1ccc([C@@H]2CC2(Cl)Cl)cc1. The van der Waals surface area contributed by atoms with Gasteiger partial charge in [-0.05, 0) is 23.6 Å². The second-order valence-electron chi connectivity index (χ2n) is 5.25. The molecule has 0 unspecified atom stereocenters. The van der Waals surface area contributed by atoms with Crippen LogP contribution in [0.4, 0.5) is 0 Å². The van der Waals surface area contributed by atoms with Crippen LogP contribution in [0.25, 0.3) is 6.08 Å². The molecule has 0 radical (unpaired) electrons. The maximum atomic E-state index is 12.1. The van der Waals surface area contributed by atoms with E-state index in [1.807, 2.05) is 60.7 Å². The number of alkyl halides is 2. The van der Waals surface area contributed by atoms with Crippen LogP contribution in [0.3, 0.4) is 0 Å². The summed E-state index contributed by atoms with van der Waals surface area (Å²) >= 11 is 12.1. The van der Waals surface area contributed by atoms with Gasteiger partial charge in [0.15, 0.2) is 5.78 Å². The first-order chi connectivity index (χ1) is 10.1. The molecule has 3 rings (SSSR count). The van der Waals surface area contributed by atoms with E-state index in [2.05, 4.69) is 0 Å². The lowest BCUT2D eigenvalue weighted by molar-refractivity contribution is 0.104. The number of hydrogen-bond donors (Lipinski definition) is 0. The van der Waals surface area contributed by atoms with Crippen molar-refractivity contribution in [2.75, 3.05) is 0 Å². The lowest BCUT2D eigenvalue weighted by Gasteiger charge is -2.02. The molecule has 1 aliphatic carbocycles. The Hall–Kier alpha value is -1.57. The van der Waals surface area contributed by atoms with Gasteiger partial charge < -0.3 is 0 Å². The molecule has 0 spiro atoms. The number of allylic oxidation sites excluding steroid dienone is 1. The summed E-state index contributed by atoms with van der Waals surface area (Å²) in [5.41, 5.74) is 2.76. The topological polar surface area (TPSA) is 17.1 Å². The van der Waals surface area contributed by atoms with E-state index >= 15 is 0 Å². The Morgan fingerprint density at radius 2 is 1.67 bits per heavy atom. The monoisotopic (exact) mass is 316 g/mol. The fourth-order valence-electron chi connectivity index (χ4n) is 2.29. The van der Waals surface area contributed by atoms with E-state index in [4.69, 9.17) is 23.2 Å². The molecule has 1 fully saturated rings. The molecule has 0 bridgehead atoms. The van der Waals surface area contributed by atoms with Crippen LogP contribution in [0.15, 0.2) is 60.7 Å². The first-order valence-corrected chi connectivity index (χ1v) is 7.57. The van der Waals surface area contributed by atoms with Gasteiger partial charge in [-0.25, -0.2) is 0 Å². The molecule has 1 saturated carbocycles. The van der Waals surface area contributed by atoms with E-state index in [1.54, 1.807) is 6.08 Å². The van der Waals surface area contributed by atoms with Gasteiger partial charge in [-0.1, -0.05) is 60.7 Å². The van der Waals surface area contributed by atoms with Gasteiger partial charge in [0.05, 0.1) is 0 Å². The van der Waals surface area contributed by atoms with Crippen LogP contribution < -0.4 is 0 Å². The second-order valence-corrected chi connectivity index (χ2v) is 6.79. The molecule has 0 amide bonds. The number of benzene rings is 2. The molecule has 2 aromatic carbocycles. The van der Waals surface area contributed by atoms with Gasteiger partial charge in [0, 0.05) is 11.5 Å². The lowest BCUT2D eigenvalue weighted by atomic mass is 10.0. The van der Waals surface area contributed by atoms with Crippen molar-refractivity contribution in [3.63, 3.8) is 0 Å². The van der Waals surface area contributed by atoms with E-state index in [0.29, 0.717) is 5.56 Å². The molecule has 1 atom stereocenters. The van der Waals surface area contributed by atoms with Crippen molar-refractivity contribution in [2.24, 2.45) is 0 Å². The lowest BCUT2D eigenvalue weighted by Crippen LogP contribution is -1.95. The van der Waals surface area contributed by atoms with Crippen LogP contribution in [-0.4, -0.2) is 10.1 Å². The van der Waals surface area contributed by atoms with Gasteiger partial charge in [0.25, 0.3) is 0 Å². The number of ketones is 1. The van der Waals surface area contributed by atoms with Crippen LogP contribution in [0.5, 0.6) is 0 Å². The largest absolute Gasteiger partial charge is 0.289 e. The molecule has 3 heteroatoms. The maximum Gasteiger partial charge on any atom is 0.185 e. The summed E-state index contributed by atoms with van der Waals surface area (Å²) in [6.07, 6.45) is 4.19. The molecule has 0 saturated heterocycles. The maximum absolute atomic E-state index is 12.1. The highest BCUT2D eigenvalue weighted by Crippen LogP contribution is 2.59. The number of hydrogen-bond acceptors (Lipinski definition) is 1. The van der Waals surface area contributed by atoms with Crippen molar-refractivity contribution in [1.29, 1.82) is 0 Å². The van der Waals surface area contributed by atoms with E-state index in [9.17, 15) is 4.79 Å². The highest BCUT2D eigenvalue weighted by molar-refractivity contribution is 6.51. The minimum Gasteiger partial charge on any atom is -0.289 e. The summed E-state index contributed by atoms with van der Waals surface area (Å²) in [5, 5.41) is 0. The molecule has 0 heterocycles. The minimum absolute atomic E-state index is 0.00999. The van der Waals surface area contributed by atoms with Crippen LogP contribution in [0.1, 0.15) is 33.8 Å². The van der Waals surface area contributed by atoms with E-state index in [0.717, 1.165) is 17.5 Å². The first kappa shape index (κ1) is 14.4. The molecule has 1 aliphatic rings. The minimum atomic E-state index is -0.626. The normalized spacial score (nSPS) is 19.6. The van der Waals surface area contributed by atoms with E-state index < -0.39 is 4.33 Å². The van der Waals surface area contributed by atoms with Gasteiger partial charge in [-0.2, -0.15) is 0 Å². The highest BCUT2D eigenvalue weighted by Gasteiger charge is 2.52. The molecule has 0 aliphatic heterocycles. The average Bonchev–Trinajstić information content (AvgIpc) is 3.15. The molecular weight excluding hydrogens is 303 g/mol. The Morgan fingerprint density at radius 1 is 1.05 bits per heavy atom. The second kappa shape index (κ2) is 5.67. The van der Waals surface area contributed by atoms with Gasteiger partial charge in [-0.15, -0.1) is 23.2 Å². The Kier molecular flexibility index (Phi) is 3.88. The average molecular weight is 317 g/mol. The summed E-state index contributed by atoms with van der Waals surface area (Å²) in [4.78, 5) is 12.1. The van der Waals surface area contributed by atoms with E-state index in [1.165, 1.54) is 0 Å². The van der Waals surface area contributed by atoms with E-state index in [-0.39, 0.29) is 11.7 Å². The summed E-state index contributed by atoms with van der Waals surface area (Å²) in [5.74, 6) is 0.175. The first-order valence-electron chi connectivity index (χ1n) is 6.81. The molecule has 106 valence electrons. The predicted molar refractivity (Wildman–Crippen MR) is 88.0 cm³/mol. The fourth-order valence-corrected chi connectivity index (χ4v) is 2.85. The van der Waals surface area contributed by atoms with Crippen LogP contribution in [0.2, 0.25) is 0 Å². The van der Waals surface area contributed by atoms with Crippen molar-refractivity contribution in [3.8, 4) is 0 Å². The summed E-state index contributed by atoms with van der Waals surface area (Å²) in [6.45, 7) is 0. The fraction of sp³-hybridized carbons (Fsp3) is 0.167. The molecule has 21 heavy (non-hydrogen) atoms. The third kappa shape index (κ3) is 3.37. The summed E-state index contributed by atoms with van der Waals surface area (Å²) in [6, 6.07) is 17.3. The number of carbonyl (C=O) groups excluding carboxylic acids is 1. The molecule has 0 N–H and O–H groups in total. The van der Waals surface area contributed by atoms with Crippen molar-refractivity contribution < 1.29 is 4.79 Å². The smallest absolute Gasteiger partial charge is 0.185 e. The zero-order valence-electron chi connectivity index (χ0n) is 11.3. The third-order valence-corrected chi connectivity index (χ3v) is 4.49. The Bertz CT molecular complexity index is 672. The Labute approximate surface area is 134 Å². The molecule has 1 nitrogen and oxygen atoms in total. The van der Waals surface area contributed by atoms with Gasteiger partial charge in [0.2, 0.25) is 0 Å². The molecular formula is C18H14Cl2O. The van der Waals surface area contributed by atoms with Gasteiger partial charge >= 0.3 is 0 Å². The molecule has 2 aromatic rings. The number of rotatable bonds is 4. The Morgan fingerprint density at radius 3 is 2.24 bits per heavy atom.